The molecule has 4 heteroatoms. The molecule has 0 aliphatic carbocycles. The number of aliphatic hydroxyl groups excluding tert-OH is 1. The van der Waals surface area contributed by atoms with Gasteiger partial charge in [-0.05, 0) is 37.6 Å². The number of hydrogen-bond acceptors (Lipinski definition) is 2. The normalized spacial score (nSPS) is 12.3. The van der Waals surface area contributed by atoms with Gasteiger partial charge in [-0.25, -0.2) is 8.78 Å². The van der Waals surface area contributed by atoms with E-state index in [2.05, 4.69) is 0 Å². The molecule has 21 heavy (non-hydrogen) atoms. The van der Waals surface area contributed by atoms with E-state index in [0.717, 1.165) is 0 Å². The Kier molecular flexibility index (Phi) is 4.58. The van der Waals surface area contributed by atoms with Crippen LogP contribution in [0.15, 0.2) is 36.4 Å². The summed E-state index contributed by atoms with van der Waals surface area (Å²) in [4.78, 5) is 1.81. The Hall–Kier alpha value is -1.94. The number of benzene rings is 2. The molecule has 0 aliphatic rings. The maximum Gasteiger partial charge on any atom is 0.128 e. The zero-order valence-electron chi connectivity index (χ0n) is 12.4. The minimum Gasteiger partial charge on any atom is -0.389 e. The van der Waals surface area contributed by atoms with E-state index in [-0.39, 0.29) is 11.6 Å². The van der Waals surface area contributed by atoms with Gasteiger partial charge in [0, 0.05) is 30.4 Å². The molecule has 0 amide bonds. The molecular weight excluding hydrogens is 272 g/mol. The molecule has 2 rings (SSSR count). The van der Waals surface area contributed by atoms with Crippen molar-refractivity contribution in [2.45, 2.75) is 26.5 Å². The molecule has 0 saturated heterocycles. The first-order valence-electron chi connectivity index (χ1n) is 6.82. The number of anilines is 1. The maximum atomic E-state index is 13.7. The fourth-order valence-corrected chi connectivity index (χ4v) is 2.31. The van der Waals surface area contributed by atoms with Crippen LogP contribution in [0, 0.1) is 18.6 Å². The van der Waals surface area contributed by atoms with Gasteiger partial charge in [0.1, 0.15) is 11.6 Å². The van der Waals surface area contributed by atoms with E-state index in [9.17, 15) is 13.9 Å². The second-order valence-electron chi connectivity index (χ2n) is 5.28. The molecule has 0 saturated carbocycles. The minimum absolute atomic E-state index is 0.276. The van der Waals surface area contributed by atoms with Crippen LogP contribution in [0.5, 0.6) is 0 Å². The third kappa shape index (κ3) is 3.39. The van der Waals surface area contributed by atoms with Crippen LogP contribution in [0.1, 0.15) is 29.7 Å². The highest BCUT2D eigenvalue weighted by Gasteiger charge is 2.16. The molecule has 0 fully saturated rings. The Labute approximate surface area is 123 Å². The number of nitrogens with zero attached hydrogens (tertiary/aromatic N) is 1. The van der Waals surface area contributed by atoms with Crippen molar-refractivity contribution in [1.82, 2.24) is 0 Å². The zero-order chi connectivity index (χ0) is 15.6. The van der Waals surface area contributed by atoms with E-state index in [1.54, 1.807) is 45.2 Å². The van der Waals surface area contributed by atoms with Gasteiger partial charge >= 0.3 is 0 Å². The minimum atomic E-state index is -0.793. The van der Waals surface area contributed by atoms with Crippen LogP contribution in [-0.2, 0) is 6.54 Å². The monoisotopic (exact) mass is 291 g/mol. The summed E-state index contributed by atoms with van der Waals surface area (Å²) in [5.41, 5.74) is 2.25. The van der Waals surface area contributed by atoms with Crippen LogP contribution in [0.4, 0.5) is 14.5 Å². The number of rotatable bonds is 4. The zero-order valence-corrected chi connectivity index (χ0v) is 12.4. The van der Waals surface area contributed by atoms with Crippen molar-refractivity contribution in [1.29, 1.82) is 0 Å². The third-order valence-electron chi connectivity index (χ3n) is 3.53. The fraction of sp³-hybridized carbons (Fsp3) is 0.294. The number of aliphatic hydroxyl groups is 1. The van der Waals surface area contributed by atoms with Gasteiger partial charge in [-0.15, -0.1) is 0 Å². The fourth-order valence-electron chi connectivity index (χ4n) is 2.31. The lowest BCUT2D eigenvalue weighted by Gasteiger charge is -2.25. The van der Waals surface area contributed by atoms with Crippen LogP contribution >= 0.6 is 0 Å². The van der Waals surface area contributed by atoms with Gasteiger partial charge in [0.2, 0.25) is 0 Å². The van der Waals surface area contributed by atoms with Crippen molar-refractivity contribution in [3.63, 3.8) is 0 Å². The first-order chi connectivity index (χ1) is 9.90. The van der Waals surface area contributed by atoms with Gasteiger partial charge in [-0.3, -0.25) is 0 Å². The lowest BCUT2D eigenvalue weighted by Crippen LogP contribution is -2.20. The predicted octanol–water partition coefficient (Wildman–Crippen LogP) is 3.96. The van der Waals surface area contributed by atoms with Crippen molar-refractivity contribution in [3.05, 3.63) is 64.7 Å². The molecule has 0 bridgehead atoms. The molecule has 2 nitrogen and oxygen atoms in total. The van der Waals surface area contributed by atoms with E-state index >= 15 is 0 Å². The second-order valence-corrected chi connectivity index (χ2v) is 5.28. The summed E-state index contributed by atoms with van der Waals surface area (Å²) in [6, 6.07) is 9.56. The summed E-state index contributed by atoms with van der Waals surface area (Å²) in [6.07, 6.45) is -0.793. The Balaban J connectivity index is 2.37. The van der Waals surface area contributed by atoms with E-state index in [0.29, 0.717) is 28.9 Å². The topological polar surface area (TPSA) is 23.5 Å². The molecule has 0 unspecified atom stereocenters. The molecule has 0 spiro atoms. The SMILES string of the molecule is Cc1cc(N(C)Cc2ccccc2F)c([C@@H](C)O)cc1F. The van der Waals surface area contributed by atoms with Gasteiger partial charge in [0.05, 0.1) is 6.10 Å². The smallest absolute Gasteiger partial charge is 0.128 e. The summed E-state index contributed by atoms with van der Waals surface area (Å²) in [5, 5.41) is 9.82. The quantitative estimate of drug-likeness (QED) is 0.921. The van der Waals surface area contributed by atoms with Crippen LogP contribution in [0.2, 0.25) is 0 Å². The van der Waals surface area contributed by atoms with E-state index in [1.807, 2.05) is 4.90 Å². The van der Waals surface area contributed by atoms with Crippen molar-refractivity contribution in [2.24, 2.45) is 0 Å². The van der Waals surface area contributed by atoms with Crippen molar-refractivity contribution in [3.8, 4) is 0 Å². The highest BCUT2D eigenvalue weighted by Crippen LogP contribution is 2.29. The molecule has 112 valence electrons. The first kappa shape index (κ1) is 15.4. The van der Waals surface area contributed by atoms with Crippen LogP contribution in [0.3, 0.4) is 0 Å². The molecule has 0 aromatic heterocycles. The Morgan fingerprint density at radius 3 is 2.43 bits per heavy atom. The summed E-state index contributed by atoms with van der Waals surface area (Å²) >= 11 is 0. The molecular formula is C17H19F2NO. The molecule has 2 aromatic rings. The van der Waals surface area contributed by atoms with Gasteiger partial charge in [0.25, 0.3) is 0 Å². The van der Waals surface area contributed by atoms with E-state index in [1.165, 1.54) is 12.1 Å². The van der Waals surface area contributed by atoms with Gasteiger partial charge < -0.3 is 10.0 Å². The summed E-state index contributed by atoms with van der Waals surface area (Å²) in [6.45, 7) is 3.60. The largest absolute Gasteiger partial charge is 0.389 e. The standard InChI is InChI=1S/C17H19F2NO/c1-11-8-17(14(12(2)21)9-16(11)19)20(3)10-13-6-4-5-7-15(13)18/h4-9,12,21H,10H2,1-3H3/t12-/m1/s1. The number of aryl methyl sites for hydroxylation is 1. The third-order valence-corrected chi connectivity index (χ3v) is 3.53. The predicted molar refractivity (Wildman–Crippen MR) is 80.3 cm³/mol. The highest BCUT2D eigenvalue weighted by atomic mass is 19.1. The average molecular weight is 291 g/mol. The van der Waals surface area contributed by atoms with Crippen molar-refractivity contribution in [2.75, 3.05) is 11.9 Å². The highest BCUT2D eigenvalue weighted by molar-refractivity contribution is 5.56. The number of hydrogen-bond donors (Lipinski definition) is 1. The van der Waals surface area contributed by atoms with Crippen LogP contribution in [0.25, 0.3) is 0 Å². The van der Waals surface area contributed by atoms with Crippen LogP contribution in [-0.4, -0.2) is 12.2 Å². The van der Waals surface area contributed by atoms with Crippen molar-refractivity contribution < 1.29 is 13.9 Å². The molecule has 0 heterocycles. The lowest BCUT2D eigenvalue weighted by molar-refractivity contribution is 0.199. The summed E-state index contributed by atoms with van der Waals surface area (Å²) in [7, 11) is 1.80. The second kappa shape index (κ2) is 6.22. The van der Waals surface area contributed by atoms with Gasteiger partial charge in [-0.2, -0.15) is 0 Å². The Morgan fingerprint density at radius 2 is 1.81 bits per heavy atom. The van der Waals surface area contributed by atoms with Gasteiger partial charge in [0.15, 0.2) is 0 Å². The van der Waals surface area contributed by atoms with E-state index in [4.69, 9.17) is 0 Å². The van der Waals surface area contributed by atoms with Crippen LogP contribution < -0.4 is 4.90 Å². The molecule has 0 radical (unpaired) electrons. The molecule has 0 aliphatic heterocycles. The van der Waals surface area contributed by atoms with E-state index < -0.39 is 6.10 Å². The lowest BCUT2D eigenvalue weighted by atomic mass is 10.0. The molecule has 2 aromatic carbocycles. The van der Waals surface area contributed by atoms with Gasteiger partial charge in [-0.1, -0.05) is 18.2 Å². The molecule has 1 atom stereocenters. The Morgan fingerprint density at radius 1 is 1.14 bits per heavy atom. The molecule has 1 N–H and O–H groups in total. The average Bonchev–Trinajstić information content (AvgIpc) is 2.43. The summed E-state index contributed by atoms with van der Waals surface area (Å²) in [5.74, 6) is -0.629. The maximum absolute atomic E-state index is 13.7. The first-order valence-corrected chi connectivity index (χ1v) is 6.82. The van der Waals surface area contributed by atoms with Crippen molar-refractivity contribution >= 4 is 5.69 Å². The number of halogens is 2. The Bertz CT molecular complexity index is 641. The summed E-state index contributed by atoms with van der Waals surface area (Å²) < 4.78 is 27.4.